The SMILES string of the molecule is Cc1ccc(/C=C/C(=O)N(C)CC(=O)N2c3ccccc3NC(=O)CC2C)cc1. The summed E-state index contributed by atoms with van der Waals surface area (Å²) in [4.78, 5) is 40.5. The molecule has 0 saturated carbocycles. The zero-order valence-corrected chi connectivity index (χ0v) is 16.9. The summed E-state index contributed by atoms with van der Waals surface area (Å²) in [5.41, 5.74) is 3.31. The summed E-state index contributed by atoms with van der Waals surface area (Å²) < 4.78 is 0. The number of carbonyl (C=O) groups excluding carboxylic acids is 3. The Morgan fingerprint density at radius 3 is 2.59 bits per heavy atom. The molecular formula is C23H25N3O3. The minimum absolute atomic E-state index is 0.0794. The fourth-order valence-corrected chi connectivity index (χ4v) is 3.30. The normalized spacial score (nSPS) is 16.2. The summed E-state index contributed by atoms with van der Waals surface area (Å²) in [6, 6.07) is 14.7. The van der Waals surface area contributed by atoms with Gasteiger partial charge in [-0.05, 0) is 37.6 Å². The average Bonchev–Trinajstić information content (AvgIpc) is 2.81. The van der Waals surface area contributed by atoms with Crippen molar-refractivity contribution in [1.29, 1.82) is 0 Å². The molecule has 6 heteroatoms. The van der Waals surface area contributed by atoms with Crippen LogP contribution in [0, 0.1) is 6.92 Å². The number of carbonyl (C=O) groups is 3. The molecule has 0 bridgehead atoms. The van der Waals surface area contributed by atoms with Gasteiger partial charge in [-0.2, -0.15) is 0 Å². The summed E-state index contributed by atoms with van der Waals surface area (Å²) in [6.07, 6.45) is 3.39. The molecule has 2 aromatic carbocycles. The van der Waals surface area contributed by atoms with E-state index in [1.165, 1.54) is 11.0 Å². The van der Waals surface area contributed by atoms with E-state index in [0.717, 1.165) is 11.1 Å². The van der Waals surface area contributed by atoms with Crippen molar-refractivity contribution >= 4 is 35.2 Å². The van der Waals surface area contributed by atoms with E-state index in [2.05, 4.69) is 5.32 Å². The van der Waals surface area contributed by atoms with Crippen LogP contribution in [0.2, 0.25) is 0 Å². The third kappa shape index (κ3) is 4.90. The molecule has 1 heterocycles. The van der Waals surface area contributed by atoms with Crippen molar-refractivity contribution in [2.75, 3.05) is 23.8 Å². The fourth-order valence-electron chi connectivity index (χ4n) is 3.30. The van der Waals surface area contributed by atoms with Gasteiger partial charge in [0.05, 0.1) is 11.4 Å². The maximum Gasteiger partial charge on any atom is 0.246 e. The molecule has 0 spiro atoms. The van der Waals surface area contributed by atoms with Crippen LogP contribution in [-0.2, 0) is 14.4 Å². The van der Waals surface area contributed by atoms with Gasteiger partial charge in [0.2, 0.25) is 17.7 Å². The molecule has 1 unspecified atom stereocenters. The smallest absolute Gasteiger partial charge is 0.246 e. The van der Waals surface area contributed by atoms with Crippen molar-refractivity contribution < 1.29 is 14.4 Å². The number of nitrogens with zero attached hydrogens (tertiary/aromatic N) is 2. The topological polar surface area (TPSA) is 69.7 Å². The molecule has 1 aliphatic rings. The van der Waals surface area contributed by atoms with E-state index in [9.17, 15) is 14.4 Å². The van der Waals surface area contributed by atoms with Gasteiger partial charge in [-0.1, -0.05) is 42.0 Å². The Bertz CT molecular complexity index is 950. The Labute approximate surface area is 170 Å². The van der Waals surface area contributed by atoms with Crippen LogP contribution in [0.1, 0.15) is 24.5 Å². The van der Waals surface area contributed by atoms with Crippen molar-refractivity contribution in [3.63, 3.8) is 0 Å². The Morgan fingerprint density at radius 2 is 1.86 bits per heavy atom. The van der Waals surface area contributed by atoms with Gasteiger partial charge in [-0.15, -0.1) is 0 Å². The van der Waals surface area contributed by atoms with E-state index >= 15 is 0 Å². The number of para-hydroxylation sites is 2. The molecule has 3 amide bonds. The number of rotatable bonds is 4. The van der Waals surface area contributed by atoms with E-state index in [1.54, 1.807) is 30.2 Å². The molecule has 0 fully saturated rings. The summed E-state index contributed by atoms with van der Waals surface area (Å²) in [5.74, 6) is -0.629. The van der Waals surface area contributed by atoms with Crippen molar-refractivity contribution in [2.24, 2.45) is 0 Å². The largest absolute Gasteiger partial charge is 0.333 e. The Kier molecular flexibility index (Phi) is 6.12. The van der Waals surface area contributed by atoms with E-state index in [0.29, 0.717) is 11.4 Å². The van der Waals surface area contributed by atoms with Crippen LogP contribution in [0.25, 0.3) is 6.08 Å². The Morgan fingerprint density at radius 1 is 1.17 bits per heavy atom. The molecule has 0 aromatic heterocycles. The molecule has 1 N–H and O–H groups in total. The van der Waals surface area contributed by atoms with Crippen LogP contribution in [0.4, 0.5) is 11.4 Å². The quantitative estimate of drug-likeness (QED) is 0.814. The number of anilines is 2. The molecule has 29 heavy (non-hydrogen) atoms. The summed E-state index contributed by atoms with van der Waals surface area (Å²) in [7, 11) is 1.59. The number of fused-ring (bicyclic) bond motifs is 1. The third-order valence-corrected chi connectivity index (χ3v) is 4.87. The van der Waals surface area contributed by atoms with Gasteiger partial charge in [0, 0.05) is 25.6 Å². The zero-order chi connectivity index (χ0) is 21.0. The van der Waals surface area contributed by atoms with Crippen LogP contribution in [0.15, 0.2) is 54.6 Å². The van der Waals surface area contributed by atoms with Crippen molar-refractivity contribution in [3.05, 3.63) is 65.7 Å². The zero-order valence-electron chi connectivity index (χ0n) is 16.9. The number of amides is 3. The van der Waals surface area contributed by atoms with Crippen LogP contribution in [0.5, 0.6) is 0 Å². The van der Waals surface area contributed by atoms with Crippen LogP contribution in [-0.4, -0.2) is 42.3 Å². The Hall–Kier alpha value is -3.41. The van der Waals surface area contributed by atoms with Gasteiger partial charge in [-0.3, -0.25) is 14.4 Å². The summed E-state index contributed by atoms with van der Waals surface area (Å²) >= 11 is 0. The van der Waals surface area contributed by atoms with Crippen LogP contribution >= 0.6 is 0 Å². The standard InChI is InChI=1S/C23H25N3O3/c1-16-8-10-18(11-9-16)12-13-22(28)25(3)15-23(29)26-17(2)14-21(27)24-19-6-4-5-7-20(19)26/h4-13,17H,14-15H2,1-3H3,(H,24,27)/b13-12+. The lowest BCUT2D eigenvalue weighted by molar-refractivity contribution is -0.130. The minimum atomic E-state index is -0.308. The lowest BCUT2D eigenvalue weighted by Crippen LogP contribution is -2.45. The lowest BCUT2D eigenvalue weighted by atomic mass is 10.1. The predicted molar refractivity (Wildman–Crippen MR) is 114 cm³/mol. The number of hydrogen-bond donors (Lipinski definition) is 1. The van der Waals surface area contributed by atoms with Crippen molar-refractivity contribution in [2.45, 2.75) is 26.3 Å². The second kappa shape index (κ2) is 8.73. The maximum atomic E-state index is 13.0. The summed E-state index contributed by atoms with van der Waals surface area (Å²) in [5, 5.41) is 2.83. The molecule has 2 aromatic rings. The van der Waals surface area contributed by atoms with Gasteiger partial charge in [0.1, 0.15) is 6.54 Å². The molecule has 0 aliphatic carbocycles. The molecule has 150 valence electrons. The van der Waals surface area contributed by atoms with Crippen molar-refractivity contribution in [3.8, 4) is 0 Å². The van der Waals surface area contributed by atoms with Crippen LogP contribution < -0.4 is 10.2 Å². The Balaban J connectivity index is 1.72. The second-order valence-corrected chi connectivity index (χ2v) is 7.32. The lowest BCUT2D eigenvalue weighted by Gasteiger charge is -2.29. The van der Waals surface area contributed by atoms with E-state index in [-0.39, 0.29) is 36.7 Å². The van der Waals surface area contributed by atoms with Gasteiger partial charge in [-0.25, -0.2) is 0 Å². The minimum Gasteiger partial charge on any atom is -0.333 e. The molecule has 0 saturated heterocycles. The van der Waals surface area contributed by atoms with Gasteiger partial charge >= 0.3 is 0 Å². The summed E-state index contributed by atoms with van der Waals surface area (Å²) in [6.45, 7) is 3.76. The first-order valence-electron chi connectivity index (χ1n) is 9.56. The highest BCUT2D eigenvalue weighted by Gasteiger charge is 2.30. The monoisotopic (exact) mass is 391 g/mol. The number of nitrogens with one attached hydrogen (secondary N) is 1. The van der Waals surface area contributed by atoms with E-state index in [4.69, 9.17) is 0 Å². The molecule has 6 nitrogen and oxygen atoms in total. The highest BCUT2D eigenvalue weighted by Crippen LogP contribution is 2.31. The third-order valence-electron chi connectivity index (χ3n) is 4.87. The number of hydrogen-bond acceptors (Lipinski definition) is 3. The predicted octanol–water partition coefficient (Wildman–Crippen LogP) is 3.23. The second-order valence-electron chi connectivity index (χ2n) is 7.32. The maximum absolute atomic E-state index is 13.0. The molecule has 0 radical (unpaired) electrons. The molecule has 3 rings (SSSR count). The average molecular weight is 391 g/mol. The first kappa shape index (κ1) is 20.3. The molecular weight excluding hydrogens is 366 g/mol. The van der Waals surface area contributed by atoms with E-state index < -0.39 is 0 Å². The highest BCUT2D eigenvalue weighted by atomic mass is 16.2. The van der Waals surface area contributed by atoms with E-state index in [1.807, 2.05) is 50.2 Å². The molecule has 1 atom stereocenters. The number of likely N-dealkylation sites (N-methyl/N-ethyl adjacent to an activating group) is 1. The number of benzene rings is 2. The first-order valence-corrected chi connectivity index (χ1v) is 9.56. The fraction of sp³-hybridized carbons (Fsp3) is 0.261. The highest BCUT2D eigenvalue weighted by molar-refractivity contribution is 6.06. The van der Waals surface area contributed by atoms with Crippen molar-refractivity contribution in [1.82, 2.24) is 4.90 Å². The van der Waals surface area contributed by atoms with Gasteiger partial charge in [0.25, 0.3) is 0 Å². The molecule has 1 aliphatic heterocycles. The van der Waals surface area contributed by atoms with Gasteiger partial charge in [0.15, 0.2) is 0 Å². The van der Waals surface area contributed by atoms with Gasteiger partial charge < -0.3 is 15.1 Å². The van der Waals surface area contributed by atoms with Crippen LogP contribution in [0.3, 0.4) is 0 Å². The number of aryl methyl sites for hydroxylation is 1. The first-order chi connectivity index (χ1) is 13.8.